The summed E-state index contributed by atoms with van der Waals surface area (Å²) < 4.78 is 0.948. The summed E-state index contributed by atoms with van der Waals surface area (Å²) in [6, 6.07) is 6.26. The molecule has 1 aromatic heterocycles. The number of thioether (sulfide) groups is 1. The molecule has 0 aliphatic heterocycles. The molecule has 1 heterocycles. The zero-order valence-corrected chi connectivity index (χ0v) is 13.8. The minimum atomic E-state index is -0.149. The van der Waals surface area contributed by atoms with Crippen LogP contribution in [0.1, 0.15) is 30.2 Å². The van der Waals surface area contributed by atoms with E-state index in [1.807, 2.05) is 25.3 Å². The Hall–Kier alpha value is -1.33. The quantitative estimate of drug-likeness (QED) is 0.864. The third-order valence-corrected chi connectivity index (χ3v) is 5.80. The smallest absolute Gasteiger partial charge is 0.237 e. The van der Waals surface area contributed by atoms with Gasteiger partial charge < -0.3 is 5.32 Å². The molecule has 21 heavy (non-hydrogen) atoms. The van der Waals surface area contributed by atoms with Crippen molar-refractivity contribution < 1.29 is 4.79 Å². The molecule has 0 unspecified atom stereocenters. The molecule has 0 fully saturated rings. The summed E-state index contributed by atoms with van der Waals surface area (Å²) in [4.78, 5) is 16.7. The van der Waals surface area contributed by atoms with Crippen LogP contribution in [0, 0.1) is 6.92 Å². The maximum absolute atomic E-state index is 12.3. The number of hydrogen-bond acceptors (Lipinski definition) is 4. The number of anilines is 1. The van der Waals surface area contributed by atoms with Crippen LogP contribution in [-0.4, -0.2) is 16.1 Å². The summed E-state index contributed by atoms with van der Waals surface area (Å²) in [6.45, 7) is 3.89. The molecule has 3 rings (SSSR count). The lowest BCUT2D eigenvalue weighted by molar-refractivity contribution is -0.115. The van der Waals surface area contributed by atoms with Gasteiger partial charge in [0.25, 0.3) is 0 Å². The molecular formula is C16H18N2OS2. The minimum Gasteiger partial charge on any atom is -0.325 e. The first-order valence-electron chi connectivity index (χ1n) is 7.13. The second kappa shape index (κ2) is 6.20. The van der Waals surface area contributed by atoms with Gasteiger partial charge >= 0.3 is 0 Å². The van der Waals surface area contributed by atoms with Crippen molar-refractivity contribution in [1.29, 1.82) is 0 Å². The number of carbonyl (C=O) groups is 1. The van der Waals surface area contributed by atoms with Gasteiger partial charge in [-0.1, -0.05) is 17.8 Å². The normalized spacial score (nSPS) is 14.8. The predicted octanol–water partition coefficient (Wildman–Crippen LogP) is 4.06. The van der Waals surface area contributed by atoms with Gasteiger partial charge in [0.1, 0.15) is 0 Å². The van der Waals surface area contributed by atoms with Crippen molar-refractivity contribution >= 4 is 34.7 Å². The number of carbonyl (C=O) groups excluding carboxylic acids is 1. The van der Waals surface area contributed by atoms with Gasteiger partial charge in [-0.2, -0.15) is 0 Å². The number of rotatable bonds is 4. The van der Waals surface area contributed by atoms with E-state index >= 15 is 0 Å². The largest absolute Gasteiger partial charge is 0.325 e. The van der Waals surface area contributed by atoms with E-state index in [1.54, 1.807) is 11.3 Å². The van der Waals surface area contributed by atoms with Crippen molar-refractivity contribution in [2.75, 3.05) is 5.32 Å². The molecule has 110 valence electrons. The Bertz CT molecular complexity index is 666. The van der Waals surface area contributed by atoms with Crippen LogP contribution < -0.4 is 5.32 Å². The van der Waals surface area contributed by atoms with Gasteiger partial charge in [-0.15, -0.1) is 11.3 Å². The second-order valence-corrected chi connectivity index (χ2v) is 7.79. The third kappa shape index (κ3) is 3.47. The Labute approximate surface area is 133 Å². The summed E-state index contributed by atoms with van der Waals surface area (Å²) in [7, 11) is 0. The van der Waals surface area contributed by atoms with Gasteiger partial charge in [-0.05, 0) is 56.4 Å². The summed E-state index contributed by atoms with van der Waals surface area (Å²) in [5, 5.41) is 4.87. The van der Waals surface area contributed by atoms with Gasteiger partial charge in [0.15, 0.2) is 4.34 Å². The minimum absolute atomic E-state index is 0.0331. The van der Waals surface area contributed by atoms with E-state index in [1.165, 1.54) is 35.7 Å². The summed E-state index contributed by atoms with van der Waals surface area (Å²) in [6.07, 6.45) is 3.52. The van der Waals surface area contributed by atoms with E-state index in [0.717, 1.165) is 22.1 Å². The Morgan fingerprint density at radius 1 is 1.38 bits per heavy atom. The van der Waals surface area contributed by atoms with Crippen molar-refractivity contribution in [2.45, 2.75) is 42.7 Å². The number of fused-ring (bicyclic) bond motifs is 1. The molecule has 1 N–H and O–H groups in total. The molecule has 5 heteroatoms. The number of aromatic nitrogens is 1. The highest BCUT2D eigenvalue weighted by Crippen LogP contribution is 2.28. The molecular weight excluding hydrogens is 300 g/mol. The van der Waals surface area contributed by atoms with Crippen molar-refractivity contribution in [1.82, 2.24) is 4.98 Å². The van der Waals surface area contributed by atoms with Crippen LogP contribution in [0.15, 0.2) is 27.9 Å². The molecule has 2 aromatic rings. The average Bonchev–Trinajstić information content (AvgIpc) is 3.07. The van der Waals surface area contributed by atoms with E-state index in [2.05, 4.69) is 22.4 Å². The summed E-state index contributed by atoms with van der Waals surface area (Å²) in [5.74, 6) is 0.0331. The highest BCUT2D eigenvalue weighted by atomic mass is 32.2. The number of amides is 1. The Balaban J connectivity index is 1.63. The van der Waals surface area contributed by atoms with Crippen molar-refractivity contribution in [3.8, 4) is 0 Å². The SMILES string of the molecule is Cc1csc(S[C@H](C)C(=O)Nc2ccc3c(c2)CCC3)n1. The Morgan fingerprint density at radius 2 is 2.19 bits per heavy atom. The number of hydrogen-bond donors (Lipinski definition) is 1. The van der Waals surface area contributed by atoms with E-state index in [9.17, 15) is 4.79 Å². The van der Waals surface area contributed by atoms with Crippen LogP contribution in [0.25, 0.3) is 0 Å². The third-order valence-electron chi connectivity index (χ3n) is 3.61. The second-order valence-electron chi connectivity index (χ2n) is 5.34. The molecule has 0 spiro atoms. The van der Waals surface area contributed by atoms with Crippen LogP contribution >= 0.6 is 23.1 Å². The Morgan fingerprint density at radius 3 is 2.95 bits per heavy atom. The van der Waals surface area contributed by atoms with Crippen molar-refractivity contribution in [3.05, 3.63) is 40.4 Å². The number of thiazole rings is 1. The van der Waals surface area contributed by atoms with Crippen LogP contribution in [0.3, 0.4) is 0 Å². The van der Waals surface area contributed by atoms with Gasteiger partial charge in [-0.3, -0.25) is 4.79 Å². The zero-order chi connectivity index (χ0) is 14.8. The van der Waals surface area contributed by atoms with Crippen LogP contribution in [0.5, 0.6) is 0 Å². The van der Waals surface area contributed by atoms with Gasteiger partial charge in [-0.25, -0.2) is 4.98 Å². The molecule has 0 radical (unpaired) electrons. The number of aryl methyl sites for hydroxylation is 3. The summed E-state index contributed by atoms with van der Waals surface area (Å²) >= 11 is 3.10. The van der Waals surface area contributed by atoms with Gasteiger partial charge in [0.2, 0.25) is 5.91 Å². The van der Waals surface area contributed by atoms with Crippen molar-refractivity contribution in [2.24, 2.45) is 0 Å². The molecule has 1 amide bonds. The average molecular weight is 318 g/mol. The van der Waals surface area contributed by atoms with Gasteiger partial charge in [0, 0.05) is 16.8 Å². The lowest BCUT2D eigenvalue weighted by Crippen LogP contribution is -2.22. The monoisotopic (exact) mass is 318 g/mol. The van der Waals surface area contributed by atoms with E-state index < -0.39 is 0 Å². The fraction of sp³-hybridized carbons (Fsp3) is 0.375. The topological polar surface area (TPSA) is 42.0 Å². The highest BCUT2D eigenvalue weighted by molar-refractivity contribution is 8.02. The molecule has 3 nitrogen and oxygen atoms in total. The van der Waals surface area contributed by atoms with Crippen LogP contribution in [-0.2, 0) is 17.6 Å². The maximum atomic E-state index is 12.3. The van der Waals surface area contributed by atoms with Gasteiger partial charge in [0.05, 0.1) is 5.25 Å². The molecule has 0 bridgehead atoms. The number of nitrogens with one attached hydrogen (secondary N) is 1. The molecule has 1 aromatic carbocycles. The molecule has 1 aliphatic rings. The Kier molecular flexibility index (Phi) is 4.31. The van der Waals surface area contributed by atoms with Crippen LogP contribution in [0.2, 0.25) is 0 Å². The first kappa shape index (κ1) is 14.6. The van der Waals surface area contributed by atoms with E-state index in [0.29, 0.717) is 0 Å². The number of nitrogens with zero attached hydrogens (tertiary/aromatic N) is 1. The van der Waals surface area contributed by atoms with Crippen LogP contribution in [0.4, 0.5) is 5.69 Å². The molecule has 0 saturated carbocycles. The standard InChI is InChI=1S/C16H18N2OS2/c1-10-9-20-16(17-10)21-11(2)15(19)18-14-7-6-12-4-3-5-13(12)8-14/h6-9,11H,3-5H2,1-2H3,(H,18,19)/t11-/m1/s1. The highest BCUT2D eigenvalue weighted by Gasteiger charge is 2.17. The zero-order valence-electron chi connectivity index (χ0n) is 12.2. The molecule has 0 saturated heterocycles. The molecule has 1 atom stereocenters. The van der Waals surface area contributed by atoms with Crippen molar-refractivity contribution in [3.63, 3.8) is 0 Å². The summed E-state index contributed by atoms with van der Waals surface area (Å²) in [5.41, 5.74) is 4.72. The maximum Gasteiger partial charge on any atom is 0.237 e. The fourth-order valence-corrected chi connectivity index (χ4v) is 4.47. The van der Waals surface area contributed by atoms with E-state index in [-0.39, 0.29) is 11.2 Å². The lowest BCUT2D eigenvalue weighted by Gasteiger charge is -2.11. The molecule has 1 aliphatic carbocycles. The fourth-order valence-electron chi connectivity index (χ4n) is 2.48. The first-order chi connectivity index (χ1) is 10.1. The predicted molar refractivity (Wildman–Crippen MR) is 89.3 cm³/mol. The lowest BCUT2D eigenvalue weighted by atomic mass is 10.1. The van der Waals surface area contributed by atoms with E-state index in [4.69, 9.17) is 0 Å². The first-order valence-corrected chi connectivity index (χ1v) is 8.89. The number of benzene rings is 1.